The lowest BCUT2D eigenvalue weighted by molar-refractivity contribution is -0.130. The van der Waals surface area contributed by atoms with Gasteiger partial charge in [0.1, 0.15) is 11.5 Å². The zero-order valence-electron chi connectivity index (χ0n) is 13.9. The minimum absolute atomic E-state index is 0.121. The Morgan fingerprint density at radius 1 is 1.13 bits per heavy atom. The first-order chi connectivity index (χ1) is 11.0. The SMILES string of the molecule is COc1cc(OC)cc(C(=O)NCC2CCN(C(C)=O)CC2)c1. The van der Waals surface area contributed by atoms with Crippen LogP contribution in [-0.4, -0.2) is 50.6 Å². The molecule has 2 amide bonds. The zero-order valence-corrected chi connectivity index (χ0v) is 13.9. The Hall–Kier alpha value is -2.24. The molecule has 0 radical (unpaired) electrons. The minimum atomic E-state index is -0.142. The molecule has 0 bridgehead atoms. The first-order valence-electron chi connectivity index (χ1n) is 7.80. The van der Waals surface area contributed by atoms with E-state index in [1.807, 2.05) is 4.90 Å². The van der Waals surface area contributed by atoms with Crippen LogP contribution in [-0.2, 0) is 4.79 Å². The lowest BCUT2D eigenvalue weighted by Gasteiger charge is -2.31. The number of nitrogens with one attached hydrogen (secondary N) is 1. The van der Waals surface area contributed by atoms with Gasteiger partial charge in [-0.15, -0.1) is 0 Å². The van der Waals surface area contributed by atoms with Gasteiger partial charge in [-0.05, 0) is 30.9 Å². The van der Waals surface area contributed by atoms with E-state index in [4.69, 9.17) is 9.47 Å². The number of methoxy groups -OCH3 is 2. The van der Waals surface area contributed by atoms with E-state index in [1.54, 1.807) is 39.3 Å². The average Bonchev–Trinajstić information content (AvgIpc) is 2.59. The van der Waals surface area contributed by atoms with E-state index in [9.17, 15) is 9.59 Å². The Balaban J connectivity index is 1.89. The van der Waals surface area contributed by atoms with Gasteiger partial charge in [0.15, 0.2) is 0 Å². The zero-order chi connectivity index (χ0) is 16.8. The van der Waals surface area contributed by atoms with Gasteiger partial charge < -0.3 is 19.7 Å². The van der Waals surface area contributed by atoms with Gasteiger partial charge in [-0.25, -0.2) is 0 Å². The molecule has 23 heavy (non-hydrogen) atoms. The molecule has 1 aliphatic heterocycles. The third-order valence-corrected chi connectivity index (χ3v) is 4.22. The van der Waals surface area contributed by atoms with E-state index in [0.29, 0.717) is 29.5 Å². The molecule has 126 valence electrons. The van der Waals surface area contributed by atoms with Crippen molar-refractivity contribution >= 4 is 11.8 Å². The molecule has 0 spiro atoms. The highest BCUT2D eigenvalue weighted by Crippen LogP contribution is 2.22. The van der Waals surface area contributed by atoms with Gasteiger partial charge in [0, 0.05) is 38.2 Å². The maximum absolute atomic E-state index is 12.3. The molecule has 1 aromatic carbocycles. The van der Waals surface area contributed by atoms with E-state index in [2.05, 4.69) is 5.32 Å². The molecule has 0 atom stereocenters. The Labute approximate surface area is 136 Å². The highest BCUT2D eigenvalue weighted by molar-refractivity contribution is 5.95. The predicted octanol–water partition coefficient (Wildman–Crippen LogP) is 1.69. The summed E-state index contributed by atoms with van der Waals surface area (Å²) in [4.78, 5) is 25.5. The highest BCUT2D eigenvalue weighted by atomic mass is 16.5. The van der Waals surface area contributed by atoms with Crippen LogP contribution in [0.3, 0.4) is 0 Å². The van der Waals surface area contributed by atoms with Crippen LogP contribution in [0.5, 0.6) is 11.5 Å². The number of hydrogen-bond donors (Lipinski definition) is 1. The Morgan fingerprint density at radius 2 is 1.70 bits per heavy atom. The van der Waals surface area contributed by atoms with Crippen LogP contribution in [0.2, 0.25) is 0 Å². The van der Waals surface area contributed by atoms with E-state index in [-0.39, 0.29) is 11.8 Å². The van der Waals surface area contributed by atoms with Gasteiger partial charge in [-0.3, -0.25) is 9.59 Å². The van der Waals surface area contributed by atoms with E-state index in [1.165, 1.54) is 0 Å². The maximum atomic E-state index is 12.3. The van der Waals surface area contributed by atoms with Crippen molar-refractivity contribution in [3.05, 3.63) is 23.8 Å². The quantitative estimate of drug-likeness (QED) is 0.896. The summed E-state index contributed by atoms with van der Waals surface area (Å²) < 4.78 is 10.4. The van der Waals surface area contributed by atoms with Crippen molar-refractivity contribution in [3.8, 4) is 11.5 Å². The predicted molar refractivity (Wildman–Crippen MR) is 86.9 cm³/mol. The second kappa shape index (κ2) is 7.85. The van der Waals surface area contributed by atoms with Crippen LogP contribution < -0.4 is 14.8 Å². The fourth-order valence-electron chi connectivity index (χ4n) is 2.73. The number of amides is 2. The molecule has 0 aliphatic carbocycles. The number of likely N-dealkylation sites (tertiary alicyclic amines) is 1. The standard InChI is InChI=1S/C17H24N2O4/c1-12(20)19-6-4-13(5-7-19)11-18-17(21)14-8-15(22-2)10-16(9-14)23-3/h8-10,13H,4-7,11H2,1-3H3,(H,18,21). The normalized spacial score (nSPS) is 15.2. The minimum Gasteiger partial charge on any atom is -0.497 e. The number of hydrogen-bond acceptors (Lipinski definition) is 4. The Morgan fingerprint density at radius 3 is 2.17 bits per heavy atom. The van der Waals surface area contributed by atoms with E-state index >= 15 is 0 Å². The van der Waals surface area contributed by atoms with Crippen LogP contribution >= 0.6 is 0 Å². The van der Waals surface area contributed by atoms with Gasteiger partial charge in [-0.1, -0.05) is 0 Å². The molecule has 0 saturated carbocycles. The summed E-state index contributed by atoms with van der Waals surface area (Å²) in [5, 5.41) is 2.96. The van der Waals surface area contributed by atoms with Crippen LogP contribution in [0.1, 0.15) is 30.1 Å². The number of carbonyl (C=O) groups excluding carboxylic acids is 2. The van der Waals surface area contributed by atoms with E-state index in [0.717, 1.165) is 25.9 Å². The molecule has 0 unspecified atom stereocenters. The lowest BCUT2D eigenvalue weighted by Crippen LogP contribution is -2.40. The highest BCUT2D eigenvalue weighted by Gasteiger charge is 2.21. The van der Waals surface area contributed by atoms with Gasteiger partial charge >= 0.3 is 0 Å². The van der Waals surface area contributed by atoms with Gasteiger partial charge in [-0.2, -0.15) is 0 Å². The van der Waals surface area contributed by atoms with Crippen molar-refractivity contribution in [1.82, 2.24) is 10.2 Å². The van der Waals surface area contributed by atoms with Crippen molar-refractivity contribution in [3.63, 3.8) is 0 Å². The molecular formula is C17H24N2O4. The second-order valence-electron chi connectivity index (χ2n) is 5.76. The molecule has 1 aromatic rings. The third kappa shape index (κ3) is 4.61. The number of nitrogens with zero attached hydrogens (tertiary/aromatic N) is 1. The second-order valence-corrected chi connectivity index (χ2v) is 5.76. The summed E-state index contributed by atoms with van der Waals surface area (Å²) in [5.41, 5.74) is 0.516. The first-order valence-corrected chi connectivity index (χ1v) is 7.80. The Bertz CT molecular complexity index is 543. The van der Waals surface area contributed by atoms with Gasteiger partial charge in [0.2, 0.25) is 5.91 Å². The van der Waals surface area contributed by atoms with Crippen molar-refractivity contribution in [1.29, 1.82) is 0 Å². The number of rotatable bonds is 5. The van der Waals surface area contributed by atoms with Crippen LogP contribution in [0.15, 0.2) is 18.2 Å². The summed E-state index contributed by atoms with van der Waals surface area (Å²) >= 11 is 0. The number of benzene rings is 1. The average molecular weight is 320 g/mol. The molecule has 6 nitrogen and oxygen atoms in total. The van der Waals surface area contributed by atoms with E-state index < -0.39 is 0 Å². The lowest BCUT2D eigenvalue weighted by atomic mass is 9.96. The number of ether oxygens (including phenoxy) is 2. The molecule has 1 saturated heterocycles. The molecule has 2 rings (SSSR count). The molecular weight excluding hydrogens is 296 g/mol. The summed E-state index contributed by atoms with van der Waals surface area (Å²) in [7, 11) is 3.11. The molecule has 1 fully saturated rings. The topological polar surface area (TPSA) is 67.9 Å². The van der Waals surface area contributed by atoms with Crippen molar-refractivity contribution in [2.45, 2.75) is 19.8 Å². The van der Waals surface area contributed by atoms with Crippen molar-refractivity contribution in [2.75, 3.05) is 33.9 Å². The number of carbonyl (C=O) groups is 2. The van der Waals surface area contributed by atoms with Crippen LogP contribution in [0, 0.1) is 5.92 Å². The van der Waals surface area contributed by atoms with Crippen LogP contribution in [0.4, 0.5) is 0 Å². The first kappa shape index (κ1) is 17.1. The summed E-state index contributed by atoms with van der Waals surface area (Å²) in [6.07, 6.45) is 1.84. The molecule has 1 aliphatic rings. The van der Waals surface area contributed by atoms with Crippen molar-refractivity contribution < 1.29 is 19.1 Å². The summed E-state index contributed by atoms with van der Waals surface area (Å²) in [6, 6.07) is 5.11. The monoisotopic (exact) mass is 320 g/mol. The molecule has 1 heterocycles. The third-order valence-electron chi connectivity index (χ3n) is 4.22. The smallest absolute Gasteiger partial charge is 0.251 e. The largest absolute Gasteiger partial charge is 0.497 e. The molecule has 6 heteroatoms. The van der Waals surface area contributed by atoms with Crippen LogP contribution in [0.25, 0.3) is 0 Å². The van der Waals surface area contributed by atoms with Gasteiger partial charge in [0.25, 0.3) is 5.91 Å². The fourth-order valence-corrected chi connectivity index (χ4v) is 2.73. The molecule has 1 N–H and O–H groups in total. The van der Waals surface area contributed by atoms with Gasteiger partial charge in [0.05, 0.1) is 14.2 Å². The maximum Gasteiger partial charge on any atom is 0.251 e. The summed E-state index contributed by atoms with van der Waals surface area (Å²) in [5.74, 6) is 1.56. The van der Waals surface area contributed by atoms with Crippen molar-refractivity contribution in [2.24, 2.45) is 5.92 Å². The molecule has 0 aromatic heterocycles. The number of piperidine rings is 1. The Kier molecular flexibility index (Phi) is 5.84. The fraction of sp³-hybridized carbons (Fsp3) is 0.529. The summed E-state index contributed by atoms with van der Waals surface area (Å²) in [6.45, 7) is 3.74.